The first-order valence-electron chi connectivity index (χ1n) is 5.40. The Balaban J connectivity index is 1.85. The van der Waals surface area contributed by atoms with Gasteiger partial charge in [-0.2, -0.15) is 0 Å². The summed E-state index contributed by atoms with van der Waals surface area (Å²) in [5.74, 6) is 1.15. The molecule has 2 rings (SSSR count). The van der Waals surface area contributed by atoms with Gasteiger partial charge in [-0.05, 0) is 35.9 Å². The van der Waals surface area contributed by atoms with Gasteiger partial charge >= 0.3 is 0 Å². The van der Waals surface area contributed by atoms with Crippen LogP contribution in [0, 0.1) is 0 Å². The first kappa shape index (κ1) is 12.0. The number of benzene rings is 2. The standard InChI is InChI=1S/C14H13BrO2/c15-12-2-1-3-14(10-12)17-9-8-11-4-6-13(16)7-5-11/h1-7,10,16H,8-9H2. The van der Waals surface area contributed by atoms with Crippen LogP contribution in [0.2, 0.25) is 0 Å². The molecule has 0 saturated heterocycles. The lowest BCUT2D eigenvalue weighted by molar-refractivity contribution is 0.321. The van der Waals surface area contributed by atoms with Gasteiger partial charge in [0, 0.05) is 10.9 Å². The van der Waals surface area contributed by atoms with Crippen molar-refractivity contribution < 1.29 is 9.84 Å². The first-order valence-corrected chi connectivity index (χ1v) is 6.19. The summed E-state index contributed by atoms with van der Waals surface area (Å²) in [6.07, 6.45) is 0.826. The van der Waals surface area contributed by atoms with E-state index in [1.165, 1.54) is 0 Å². The molecule has 0 spiro atoms. The largest absolute Gasteiger partial charge is 0.508 e. The monoisotopic (exact) mass is 292 g/mol. The summed E-state index contributed by atoms with van der Waals surface area (Å²) in [6, 6.07) is 15.0. The first-order chi connectivity index (χ1) is 8.24. The van der Waals surface area contributed by atoms with Crippen molar-refractivity contribution in [3.05, 3.63) is 58.6 Å². The van der Waals surface area contributed by atoms with Crippen LogP contribution in [0.15, 0.2) is 53.0 Å². The second-order valence-corrected chi connectivity index (χ2v) is 4.64. The van der Waals surface area contributed by atoms with Crippen molar-refractivity contribution in [3.63, 3.8) is 0 Å². The zero-order valence-electron chi connectivity index (χ0n) is 9.27. The van der Waals surface area contributed by atoms with Crippen LogP contribution < -0.4 is 4.74 Å². The molecule has 0 aliphatic carbocycles. The molecule has 0 atom stereocenters. The van der Waals surface area contributed by atoms with Crippen molar-refractivity contribution >= 4 is 15.9 Å². The van der Waals surface area contributed by atoms with Crippen LogP contribution in [0.3, 0.4) is 0 Å². The molecule has 88 valence electrons. The number of aromatic hydroxyl groups is 1. The summed E-state index contributed by atoms with van der Waals surface area (Å²) < 4.78 is 6.64. The van der Waals surface area contributed by atoms with E-state index in [4.69, 9.17) is 9.84 Å². The maximum absolute atomic E-state index is 9.15. The zero-order valence-corrected chi connectivity index (χ0v) is 10.9. The molecule has 0 saturated carbocycles. The molecule has 0 amide bonds. The van der Waals surface area contributed by atoms with E-state index in [0.29, 0.717) is 12.4 Å². The van der Waals surface area contributed by atoms with E-state index in [1.54, 1.807) is 12.1 Å². The molecule has 0 aromatic heterocycles. The fraction of sp³-hybridized carbons (Fsp3) is 0.143. The summed E-state index contributed by atoms with van der Waals surface area (Å²) in [5, 5.41) is 9.15. The maximum atomic E-state index is 9.15. The minimum Gasteiger partial charge on any atom is -0.508 e. The number of halogens is 1. The second kappa shape index (κ2) is 5.73. The van der Waals surface area contributed by atoms with Gasteiger partial charge in [0.05, 0.1) is 6.61 Å². The molecule has 3 heteroatoms. The van der Waals surface area contributed by atoms with Crippen molar-refractivity contribution in [1.82, 2.24) is 0 Å². The van der Waals surface area contributed by atoms with Gasteiger partial charge in [0.25, 0.3) is 0 Å². The molecule has 0 fully saturated rings. The van der Waals surface area contributed by atoms with E-state index < -0.39 is 0 Å². The van der Waals surface area contributed by atoms with Crippen LogP contribution >= 0.6 is 15.9 Å². The van der Waals surface area contributed by atoms with Gasteiger partial charge in [0.1, 0.15) is 11.5 Å². The molecule has 0 unspecified atom stereocenters. The van der Waals surface area contributed by atoms with Gasteiger partial charge in [-0.25, -0.2) is 0 Å². The summed E-state index contributed by atoms with van der Waals surface area (Å²) >= 11 is 3.40. The van der Waals surface area contributed by atoms with Crippen molar-refractivity contribution in [2.45, 2.75) is 6.42 Å². The molecular weight excluding hydrogens is 280 g/mol. The smallest absolute Gasteiger partial charge is 0.120 e. The SMILES string of the molecule is Oc1ccc(CCOc2cccc(Br)c2)cc1. The van der Waals surface area contributed by atoms with Gasteiger partial charge in [-0.15, -0.1) is 0 Å². The maximum Gasteiger partial charge on any atom is 0.120 e. The Morgan fingerprint density at radius 3 is 2.53 bits per heavy atom. The van der Waals surface area contributed by atoms with Gasteiger partial charge in [0.15, 0.2) is 0 Å². The van der Waals surface area contributed by atoms with Crippen molar-refractivity contribution in [2.75, 3.05) is 6.61 Å². The van der Waals surface area contributed by atoms with Crippen LogP contribution in [0.25, 0.3) is 0 Å². The number of hydrogen-bond acceptors (Lipinski definition) is 2. The molecule has 0 aliphatic heterocycles. The average Bonchev–Trinajstić information content (AvgIpc) is 2.32. The fourth-order valence-corrected chi connectivity index (χ4v) is 1.88. The molecule has 0 heterocycles. The third-order valence-electron chi connectivity index (χ3n) is 2.39. The van der Waals surface area contributed by atoms with Gasteiger partial charge in [-0.3, -0.25) is 0 Å². The molecule has 2 aromatic rings. The predicted octanol–water partition coefficient (Wildman–Crippen LogP) is 3.78. The normalized spacial score (nSPS) is 10.2. The summed E-state index contributed by atoms with van der Waals surface area (Å²) in [5.41, 5.74) is 1.15. The van der Waals surface area contributed by atoms with E-state index in [0.717, 1.165) is 22.2 Å². The zero-order chi connectivity index (χ0) is 12.1. The predicted molar refractivity (Wildman–Crippen MR) is 71.4 cm³/mol. The molecule has 0 bridgehead atoms. The Morgan fingerprint density at radius 2 is 1.82 bits per heavy atom. The van der Waals surface area contributed by atoms with E-state index in [9.17, 15) is 0 Å². The van der Waals surface area contributed by atoms with E-state index in [1.807, 2.05) is 36.4 Å². The highest BCUT2D eigenvalue weighted by atomic mass is 79.9. The molecule has 1 N–H and O–H groups in total. The summed E-state index contributed by atoms with van der Waals surface area (Å²) in [7, 11) is 0. The van der Waals surface area contributed by atoms with Gasteiger partial charge in [0.2, 0.25) is 0 Å². The minimum absolute atomic E-state index is 0.293. The third kappa shape index (κ3) is 3.79. The number of hydrogen-bond donors (Lipinski definition) is 1. The Morgan fingerprint density at radius 1 is 1.06 bits per heavy atom. The van der Waals surface area contributed by atoms with Crippen LogP contribution in [0.1, 0.15) is 5.56 Å². The number of phenols is 1. The van der Waals surface area contributed by atoms with E-state index in [2.05, 4.69) is 15.9 Å². The van der Waals surface area contributed by atoms with Crippen molar-refractivity contribution in [1.29, 1.82) is 0 Å². The Kier molecular flexibility index (Phi) is 4.04. The van der Waals surface area contributed by atoms with Crippen LogP contribution in [-0.2, 0) is 6.42 Å². The Labute approximate surface area is 109 Å². The fourth-order valence-electron chi connectivity index (χ4n) is 1.51. The molecular formula is C14H13BrO2. The average molecular weight is 293 g/mol. The second-order valence-electron chi connectivity index (χ2n) is 3.72. The molecule has 0 radical (unpaired) electrons. The lowest BCUT2D eigenvalue weighted by atomic mass is 10.1. The van der Waals surface area contributed by atoms with E-state index >= 15 is 0 Å². The van der Waals surface area contributed by atoms with Gasteiger partial charge in [-0.1, -0.05) is 34.1 Å². The molecule has 2 aromatic carbocycles. The van der Waals surface area contributed by atoms with Crippen molar-refractivity contribution in [2.24, 2.45) is 0 Å². The van der Waals surface area contributed by atoms with E-state index in [-0.39, 0.29) is 0 Å². The number of phenolic OH excluding ortho intramolecular Hbond substituents is 1. The molecule has 17 heavy (non-hydrogen) atoms. The quantitative estimate of drug-likeness (QED) is 0.929. The highest BCUT2D eigenvalue weighted by Crippen LogP contribution is 2.18. The number of ether oxygens (including phenoxy) is 1. The number of rotatable bonds is 4. The lowest BCUT2D eigenvalue weighted by Gasteiger charge is -2.06. The van der Waals surface area contributed by atoms with Crippen LogP contribution in [0.4, 0.5) is 0 Å². The third-order valence-corrected chi connectivity index (χ3v) is 2.89. The van der Waals surface area contributed by atoms with Crippen LogP contribution in [-0.4, -0.2) is 11.7 Å². The topological polar surface area (TPSA) is 29.5 Å². The highest BCUT2D eigenvalue weighted by Gasteiger charge is 1.97. The lowest BCUT2D eigenvalue weighted by Crippen LogP contribution is -2.00. The summed E-state index contributed by atoms with van der Waals surface area (Å²) in [4.78, 5) is 0. The highest BCUT2D eigenvalue weighted by molar-refractivity contribution is 9.10. The van der Waals surface area contributed by atoms with Crippen molar-refractivity contribution in [3.8, 4) is 11.5 Å². The Hall–Kier alpha value is -1.48. The molecule has 2 nitrogen and oxygen atoms in total. The van der Waals surface area contributed by atoms with Gasteiger partial charge < -0.3 is 9.84 Å². The summed E-state index contributed by atoms with van der Waals surface area (Å²) in [6.45, 7) is 0.626. The Bertz CT molecular complexity index is 480. The minimum atomic E-state index is 0.293. The molecule has 0 aliphatic rings. The van der Waals surface area contributed by atoms with Crippen LogP contribution in [0.5, 0.6) is 11.5 Å².